The summed E-state index contributed by atoms with van der Waals surface area (Å²) in [7, 11) is 5.65. The van der Waals surface area contributed by atoms with E-state index in [9.17, 15) is 0 Å². The van der Waals surface area contributed by atoms with Crippen molar-refractivity contribution in [3.05, 3.63) is 16.1 Å². The molecule has 8 heteroatoms. The van der Waals surface area contributed by atoms with Gasteiger partial charge in [-0.15, -0.1) is 35.3 Å². The molecule has 0 radical (unpaired) electrons. The standard InChI is InChI=1S/C15H29N5OS.HI/c1-5-14-19-13(12-22-14)11-18-15(16-2)17-7-9-20(3)8-6-10-21-4;/h12H,5-11H2,1-4H3,(H2,16,17,18);1H. The van der Waals surface area contributed by atoms with Crippen LogP contribution in [0.15, 0.2) is 10.4 Å². The summed E-state index contributed by atoms with van der Waals surface area (Å²) in [5.74, 6) is 0.816. The topological polar surface area (TPSA) is 61.8 Å². The second-order valence-corrected chi connectivity index (χ2v) is 6.03. The Balaban J connectivity index is 0.00000484. The predicted molar refractivity (Wildman–Crippen MR) is 109 cm³/mol. The molecular weight excluding hydrogens is 425 g/mol. The maximum Gasteiger partial charge on any atom is 0.191 e. The van der Waals surface area contributed by atoms with E-state index >= 15 is 0 Å². The fraction of sp³-hybridized carbons (Fsp3) is 0.733. The molecule has 0 unspecified atom stereocenters. The molecular formula is C15H30IN5OS. The molecule has 6 nitrogen and oxygen atoms in total. The number of rotatable bonds is 10. The van der Waals surface area contributed by atoms with E-state index in [1.54, 1.807) is 25.5 Å². The number of aromatic nitrogens is 1. The third-order valence-electron chi connectivity index (χ3n) is 3.24. The van der Waals surface area contributed by atoms with Gasteiger partial charge in [0.15, 0.2) is 5.96 Å². The van der Waals surface area contributed by atoms with E-state index in [1.165, 1.54) is 5.01 Å². The largest absolute Gasteiger partial charge is 0.385 e. The van der Waals surface area contributed by atoms with E-state index in [0.29, 0.717) is 6.54 Å². The van der Waals surface area contributed by atoms with Crippen LogP contribution in [-0.2, 0) is 17.7 Å². The molecule has 0 fully saturated rings. The first kappa shape index (κ1) is 22.6. The summed E-state index contributed by atoms with van der Waals surface area (Å²) in [4.78, 5) is 11.1. The molecule has 2 N–H and O–H groups in total. The van der Waals surface area contributed by atoms with Crippen LogP contribution in [0.4, 0.5) is 0 Å². The number of hydrogen-bond donors (Lipinski definition) is 2. The Morgan fingerprint density at radius 3 is 2.78 bits per heavy atom. The molecule has 0 saturated carbocycles. The van der Waals surface area contributed by atoms with Crippen molar-refractivity contribution >= 4 is 41.3 Å². The molecule has 0 bridgehead atoms. The van der Waals surface area contributed by atoms with Crippen molar-refractivity contribution in [1.29, 1.82) is 0 Å². The molecule has 0 saturated heterocycles. The number of thiazole rings is 1. The Morgan fingerprint density at radius 1 is 1.39 bits per heavy atom. The zero-order valence-electron chi connectivity index (χ0n) is 14.6. The lowest BCUT2D eigenvalue weighted by atomic mass is 10.4. The van der Waals surface area contributed by atoms with Crippen molar-refractivity contribution in [3.63, 3.8) is 0 Å². The third-order valence-corrected chi connectivity index (χ3v) is 4.28. The Kier molecular flexibility index (Phi) is 13.7. The minimum absolute atomic E-state index is 0. The lowest BCUT2D eigenvalue weighted by Gasteiger charge is -2.17. The van der Waals surface area contributed by atoms with Gasteiger partial charge in [-0.2, -0.15) is 0 Å². The number of guanidine groups is 1. The number of halogens is 1. The SMILES string of the molecule is CCc1nc(CNC(=NC)NCCN(C)CCCOC)cs1.I. The molecule has 0 aliphatic carbocycles. The Bertz CT molecular complexity index is 441. The van der Waals surface area contributed by atoms with Crippen LogP contribution in [0, 0.1) is 0 Å². The summed E-state index contributed by atoms with van der Waals surface area (Å²) in [6, 6.07) is 0. The number of nitrogens with zero attached hydrogens (tertiary/aromatic N) is 3. The molecule has 0 amide bonds. The van der Waals surface area contributed by atoms with Crippen LogP contribution < -0.4 is 10.6 Å². The highest BCUT2D eigenvalue weighted by Crippen LogP contribution is 2.09. The van der Waals surface area contributed by atoms with Crippen molar-refractivity contribution in [3.8, 4) is 0 Å². The van der Waals surface area contributed by atoms with Crippen molar-refractivity contribution in [1.82, 2.24) is 20.5 Å². The fourth-order valence-electron chi connectivity index (χ4n) is 1.94. The van der Waals surface area contributed by atoms with Gasteiger partial charge in [-0.1, -0.05) is 6.92 Å². The Hall–Kier alpha value is -0.450. The number of hydrogen-bond acceptors (Lipinski definition) is 5. The van der Waals surface area contributed by atoms with Crippen LogP contribution in [0.3, 0.4) is 0 Å². The summed E-state index contributed by atoms with van der Waals surface area (Å²) in [5, 5.41) is 9.90. The van der Waals surface area contributed by atoms with E-state index in [2.05, 4.69) is 44.9 Å². The molecule has 1 rings (SSSR count). The van der Waals surface area contributed by atoms with E-state index in [1.807, 2.05) is 0 Å². The number of ether oxygens (including phenoxy) is 1. The smallest absolute Gasteiger partial charge is 0.191 e. The first-order valence-electron chi connectivity index (χ1n) is 7.74. The Morgan fingerprint density at radius 2 is 2.17 bits per heavy atom. The highest BCUT2D eigenvalue weighted by atomic mass is 127. The fourth-order valence-corrected chi connectivity index (χ4v) is 2.69. The zero-order chi connectivity index (χ0) is 16.2. The number of methoxy groups -OCH3 is 1. The number of aryl methyl sites for hydroxylation is 1. The van der Waals surface area contributed by atoms with Gasteiger partial charge < -0.3 is 20.3 Å². The predicted octanol–water partition coefficient (Wildman–Crippen LogP) is 1.96. The highest BCUT2D eigenvalue weighted by molar-refractivity contribution is 14.0. The number of likely N-dealkylation sites (N-methyl/N-ethyl adjacent to an activating group) is 1. The molecule has 0 spiro atoms. The average molecular weight is 455 g/mol. The van der Waals surface area contributed by atoms with E-state index in [0.717, 1.165) is 50.7 Å². The van der Waals surface area contributed by atoms with Crippen molar-refractivity contribution < 1.29 is 4.74 Å². The second kappa shape index (κ2) is 13.9. The van der Waals surface area contributed by atoms with Gasteiger partial charge in [0, 0.05) is 45.8 Å². The molecule has 23 heavy (non-hydrogen) atoms. The molecule has 0 atom stereocenters. The summed E-state index contributed by atoms with van der Waals surface area (Å²) < 4.78 is 5.06. The van der Waals surface area contributed by atoms with E-state index in [-0.39, 0.29) is 24.0 Å². The summed E-state index contributed by atoms with van der Waals surface area (Å²) in [5.41, 5.74) is 1.07. The quantitative estimate of drug-likeness (QED) is 0.245. The zero-order valence-corrected chi connectivity index (χ0v) is 17.7. The van der Waals surface area contributed by atoms with Gasteiger partial charge in [0.05, 0.1) is 17.2 Å². The third kappa shape index (κ3) is 10.1. The number of nitrogens with one attached hydrogen (secondary N) is 2. The maximum atomic E-state index is 5.06. The molecule has 0 aromatic carbocycles. The van der Waals surface area contributed by atoms with Gasteiger partial charge in [0.2, 0.25) is 0 Å². The Labute approximate surface area is 161 Å². The number of aliphatic imine (C=N–C) groups is 1. The summed E-state index contributed by atoms with van der Waals surface area (Å²) in [6.45, 7) is 6.52. The van der Waals surface area contributed by atoms with Gasteiger partial charge in [0.25, 0.3) is 0 Å². The maximum absolute atomic E-state index is 5.06. The molecule has 0 aliphatic heterocycles. The second-order valence-electron chi connectivity index (χ2n) is 5.09. The monoisotopic (exact) mass is 455 g/mol. The first-order valence-corrected chi connectivity index (χ1v) is 8.62. The minimum Gasteiger partial charge on any atom is -0.385 e. The van der Waals surface area contributed by atoms with Gasteiger partial charge in [-0.25, -0.2) is 4.98 Å². The van der Waals surface area contributed by atoms with Gasteiger partial charge >= 0.3 is 0 Å². The van der Waals surface area contributed by atoms with Crippen LogP contribution in [0.25, 0.3) is 0 Å². The highest BCUT2D eigenvalue weighted by Gasteiger charge is 2.03. The van der Waals surface area contributed by atoms with E-state index in [4.69, 9.17) is 4.74 Å². The van der Waals surface area contributed by atoms with Crippen LogP contribution in [-0.4, -0.2) is 63.3 Å². The molecule has 1 aromatic rings. The molecule has 1 heterocycles. The summed E-state index contributed by atoms with van der Waals surface area (Å²) >= 11 is 1.71. The van der Waals surface area contributed by atoms with Crippen LogP contribution in [0.2, 0.25) is 0 Å². The van der Waals surface area contributed by atoms with Crippen LogP contribution >= 0.6 is 35.3 Å². The van der Waals surface area contributed by atoms with Gasteiger partial charge in [-0.3, -0.25) is 4.99 Å². The summed E-state index contributed by atoms with van der Waals surface area (Å²) in [6.07, 6.45) is 2.05. The van der Waals surface area contributed by atoms with Crippen LogP contribution in [0.5, 0.6) is 0 Å². The molecule has 0 aliphatic rings. The molecule has 1 aromatic heterocycles. The van der Waals surface area contributed by atoms with E-state index < -0.39 is 0 Å². The van der Waals surface area contributed by atoms with Crippen molar-refractivity contribution in [2.45, 2.75) is 26.3 Å². The lowest BCUT2D eigenvalue weighted by molar-refractivity contribution is 0.180. The van der Waals surface area contributed by atoms with Gasteiger partial charge in [-0.05, 0) is 19.9 Å². The molecule has 134 valence electrons. The lowest BCUT2D eigenvalue weighted by Crippen LogP contribution is -2.40. The first-order chi connectivity index (χ1) is 10.7. The minimum atomic E-state index is 0. The van der Waals surface area contributed by atoms with Crippen LogP contribution in [0.1, 0.15) is 24.0 Å². The van der Waals surface area contributed by atoms with Crippen molar-refractivity contribution in [2.75, 3.05) is 47.4 Å². The van der Waals surface area contributed by atoms with Gasteiger partial charge in [0.1, 0.15) is 0 Å². The van der Waals surface area contributed by atoms with Crippen molar-refractivity contribution in [2.24, 2.45) is 4.99 Å². The normalized spacial score (nSPS) is 11.4. The average Bonchev–Trinajstić information content (AvgIpc) is 2.99.